The van der Waals surface area contributed by atoms with Gasteiger partial charge in [-0.3, -0.25) is 0 Å². The van der Waals surface area contributed by atoms with Gasteiger partial charge in [0.25, 0.3) is 0 Å². The minimum Gasteiger partial charge on any atom is -0.487 e. The van der Waals surface area contributed by atoms with Crippen molar-refractivity contribution in [3.05, 3.63) is 6.92 Å². The van der Waals surface area contributed by atoms with Crippen molar-refractivity contribution in [2.45, 2.75) is 13.3 Å². The van der Waals surface area contributed by atoms with Gasteiger partial charge in [-0.05, 0) is 25.6 Å². The fourth-order valence-electron chi connectivity index (χ4n) is 0.216. The van der Waals surface area contributed by atoms with Crippen molar-refractivity contribution >= 4 is 17.3 Å². The summed E-state index contributed by atoms with van der Waals surface area (Å²) in [6.07, 6.45) is 0.786. The van der Waals surface area contributed by atoms with Gasteiger partial charge in [-0.1, -0.05) is 0 Å². The molecular formula is C5H9OS. The Balaban J connectivity index is 2.82. The van der Waals surface area contributed by atoms with Gasteiger partial charge in [0, 0.05) is 6.92 Å². The van der Waals surface area contributed by atoms with Crippen LogP contribution >= 0.6 is 12.2 Å². The SMILES string of the molecule is [CH2]CCOC(C)=S. The van der Waals surface area contributed by atoms with Crippen molar-refractivity contribution in [3.63, 3.8) is 0 Å². The Hall–Kier alpha value is -0.110. The summed E-state index contributed by atoms with van der Waals surface area (Å²) in [6.45, 7) is 5.98. The lowest BCUT2D eigenvalue weighted by Crippen LogP contribution is -1.95. The first-order valence-corrected chi connectivity index (χ1v) is 2.61. The zero-order valence-electron chi connectivity index (χ0n) is 4.44. The van der Waals surface area contributed by atoms with E-state index in [-0.39, 0.29) is 0 Å². The Morgan fingerprint density at radius 3 is 2.57 bits per heavy atom. The van der Waals surface area contributed by atoms with Gasteiger partial charge in [-0.15, -0.1) is 0 Å². The van der Waals surface area contributed by atoms with E-state index < -0.39 is 0 Å². The van der Waals surface area contributed by atoms with E-state index in [9.17, 15) is 0 Å². The molecular weight excluding hydrogens is 108 g/mol. The molecule has 0 unspecified atom stereocenters. The molecule has 0 N–H and O–H groups in total. The van der Waals surface area contributed by atoms with Crippen molar-refractivity contribution < 1.29 is 4.74 Å². The third-order valence-corrected chi connectivity index (χ3v) is 0.568. The Kier molecular flexibility index (Phi) is 4.00. The molecule has 0 atom stereocenters. The van der Waals surface area contributed by atoms with Crippen LogP contribution in [0.5, 0.6) is 0 Å². The smallest absolute Gasteiger partial charge is 0.156 e. The zero-order valence-corrected chi connectivity index (χ0v) is 5.25. The molecule has 0 heterocycles. The second-order valence-corrected chi connectivity index (χ2v) is 1.77. The fourth-order valence-corrected chi connectivity index (χ4v) is 0.299. The van der Waals surface area contributed by atoms with E-state index in [1.54, 1.807) is 6.92 Å². The van der Waals surface area contributed by atoms with Gasteiger partial charge < -0.3 is 4.74 Å². The highest BCUT2D eigenvalue weighted by atomic mass is 32.1. The average Bonchev–Trinajstić information content (AvgIpc) is 1.61. The number of rotatable bonds is 2. The van der Waals surface area contributed by atoms with Crippen molar-refractivity contribution in [3.8, 4) is 0 Å². The molecule has 0 spiro atoms. The summed E-state index contributed by atoms with van der Waals surface area (Å²) in [5.74, 6) is 0. The maximum absolute atomic E-state index is 4.86. The minimum atomic E-state index is 0.601. The predicted molar refractivity (Wildman–Crippen MR) is 34.2 cm³/mol. The van der Waals surface area contributed by atoms with E-state index in [2.05, 4.69) is 19.1 Å². The van der Waals surface area contributed by atoms with Crippen LogP contribution in [0, 0.1) is 6.92 Å². The maximum Gasteiger partial charge on any atom is 0.156 e. The van der Waals surface area contributed by atoms with E-state index in [1.807, 2.05) is 0 Å². The predicted octanol–water partition coefficient (Wildman–Crippen LogP) is 1.57. The molecule has 1 nitrogen and oxygen atoms in total. The standard InChI is InChI=1S/C5H9OS/c1-3-4-6-5(2)7/h1,3-4H2,2H3. The van der Waals surface area contributed by atoms with Crippen LogP contribution in [0.2, 0.25) is 0 Å². The zero-order chi connectivity index (χ0) is 5.70. The largest absolute Gasteiger partial charge is 0.487 e. The summed E-state index contributed by atoms with van der Waals surface area (Å²) in [6, 6.07) is 0. The Morgan fingerprint density at radius 1 is 1.86 bits per heavy atom. The molecule has 41 valence electrons. The maximum atomic E-state index is 4.86. The lowest BCUT2D eigenvalue weighted by molar-refractivity contribution is 0.317. The summed E-state index contributed by atoms with van der Waals surface area (Å²) < 4.78 is 4.86. The first-order chi connectivity index (χ1) is 3.27. The van der Waals surface area contributed by atoms with Crippen LogP contribution in [0.4, 0.5) is 0 Å². The van der Waals surface area contributed by atoms with Crippen LogP contribution in [0.25, 0.3) is 0 Å². The highest BCUT2D eigenvalue weighted by Crippen LogP contribution is 1.81. The van der Waals surface area contributed by atoms with Gasteiger partial charge in [-0.25, -0.2) is 0 Å². The average molecular weight is 117 g/mol. The number of hydrogen-bond donors (Lipinski definition) is 0. The Labute approximate surface area is 49.7 Å². The van der Waals surface area contributed by atoms with Crippen LogP contribution in [-0.2, 0) is 4.74 Å². The quantitative estimate of drug-likeness (QED) is 0.508. The van der Waals surface area contributed by atoms with Gasteiger partial charge in [0.15, 0.2) is 5.05 Å². The van der Waals surface area contributed by atoms with E-state index >= 15 is 0 Å². The Bertz CT molecular complexity index is 61.1. The molecule has 0 bridgehead atoms. The van der Waals surface area contributed by atoms with E-state index in [4.69, 9.17) is 4.74 Å². The van der Waals surface area contributed by atoms with Crippen LogP contribution in [-0.4, -0.2) is 11.7 Å². The first-order valence-electron chi connectivity index (χ1n) is 2.20. The molecule has 2 heteroatoms. The fraction of sp³-hybridized carbons (Fsp3) is 0.600. The molecule has 0 aromatic carbocycles. The van der Waals surface area contributed by atoms with E-state index in [0.29, 0.717) is 11.7 Å². The van der Waals surface area contributed by atoms with Crippen molar-refractivity contribution in [1.29, 1.82) is 0 Å². The van der Waals surface area contributed by atoms with Crippen molar-refractivity contribution in [1.82, 2.24) is 0 Å². The molecule has 0 aliphatic rings. The van der Waals surface area contributed by atoms with Gasteiger partial charge in [-0.2, -0.15) is 0 Å². The number of hydrogen-bond acceptors (Lipinski definition) is 2. The molecule has 0 aromatic heterocycles. The molecule has 0 aromatic rings. The van der Waals surface area contributed by atoms with Crippen LogP contribution in [0.1, 0.15) is 13.3 Å². The van der Waals surface area contributed by atoms with E-state index in [0.717, 1.165) is 6.42 Å². The Morgan fingerprint density at radius 2 is 2.43 bits per heavy atom. The molecule has 0 aliphatic heterocycles. The van der Waals surface area contributed by atoms with E-state index in [1.165, 1.54) is 0 Å². The third-order valence-electron chi connectivity index (χ3n) is 0.450. The highest BCUT2D eigenvalue weighted by Gasteiger charge is 1.81. The molecule has 0 saturated heterocycles. The summed E-state index contributed by atoms with van der Waals surface area (Å²) >= 11 is 4.61. The first kappa shape index (κ1) is 6.89. The van der Waals surface area contributed by atoms with Gasteiger partial charge >= 0.3 is 0 Å². The second kappa shape index (κ2) is 4.06. The van der Waals surface area contributed by atoms with Gasteiger partial charge in [0.2, 0.25) is 0 Å². The third kappa shape index (κ3) is 5.89. The summed E-state index contributed by atoms with van der Waals surface area (Å²) in [5, 5.41) is 0.601. The minimum absolute atomic E-state index is 0.601. The molecule has 7 heavy (non-hydrogen) atoms. The molecule has 0 aliphatic carbocycles. The summed E-state index contributed by atoms with van der Waals surface area (Å²) in [7, 11) is 0. The monoisotopic (exact) mass is 117 g/mol. The topological polar surface area (TPSA) is 9.23 Å². The van der Waals surface area contributed by atoms with Crippen molar-refractivity contribution in [2.24, 2.45) is 0 Å². The van der Waals surface area contributed by atoms with Gasteiger partial charge in [0.05, 0.1) is 6.61 Å². The van der Waals surface area contributed by atoms with Crippen molar-refractivity contribution in [2.75, 3.05) is 6.61 Å². The summed E-state index contributed by atoms with van der Waals surface area (Å²) in [5.41, 5.74) is 0. The number of ether oxygens (including phenoxy) is 1. The lowest BCUT2D eigenvalue weighted by Gasteiger charge is -1.96. The number of thiocarbonyl (C=S) groups is 1. The molecule has 0 amide bonds. The van der Waals surface area contributed by atoms with Gasteiger partial charge in [0.1, 0.15) is 0 Å². The second-order valence-electron chi connectivity index (χ2n) is 1.19. The molecule has 0 fully saturated rings. The summed E-state index contributed by atoms with van der Waals surface area (Å²) in [4.78, 5) is 0. The lowest BCUT2D eigenvalue weighted by atomic mass is 10.5. The molecule has 1 radical (unpaired) electrons. The highest BCUT2D eigenvalue weighted by molar-refractivity contribution is 7.80. The van der Waals surface area contributed by atoms with Crippen LogP contribution in [0.3, 0.4) is 0 Å². The molecule has 0 rings (SSSR count). The van der Waals surface area contributed by atoms with Crippen LogP contribution in [0.15, 0.2) is 0 Å². The normalized spacial score (nSPS) is 8.29. The molecule has 0 saturated carbocycles. The van der Waals surface area contributed by atoms with Crippen LogP contribution < -0.4 is 0 Å².